The Labute approximate surface area is 207 Å². The number of amides is 2. The molecule has 0 saturated heterocycles. The number of hydrogen-bond donors (Lipinski definition) is 2. The van der Waals surface area contributed by atoms with Gasteiger partial charge in [0.05, 0.1) is 18.8 Å². The van der Waals surface area contributed by atoms with E-state index in [1.807, 2.05) is 25.1 Å². The minimum atomic E-state index is -0.844. The van der Waals surface area contributed by atoms with Gasteiger partial charge in [0, 0.05) is 18.8 Å². The van der Waals surface area contributed by atoms with Gasteiger partial charge >= 0.3 is 0 Å². The number of carbonyl (C=O) groups is 2. The minimum Gasteiger partial charge on any atom is -0.493 e. The Bertz CT molecular complexity index is 1270. The highest BCUT2D eigenvalue weighted by atomic mass is 19.1. The van der Waals surface area contributed by atoms with Crippen molar-refractivity contribution in [3.8, 4) is 11.5 Å². The zero-order chi connectivity index (χ0) is 25.7. The van der Waals surface area contributed by atoms with Crippen molar-refractivity contribution in [1.29, 1.82) is 0 Å². The molecule has 1 aliphatic rings. The predicted molar refractivity (Wildman–Crippen MR) is 132 cm³/mol. The molecule has 2 amide bonds. The van der Waals surface area contributed by atoms with Crippen molar-refractivity contribution in [3.63, 3.8) is 0 Å². The first kappa shape index (κ1) is 24.6. The summed E-state index contributed by atoms with van der Waals surface area (Å²) < 4.78 is 24.7. The third-order valence-corrected chi connectivity index (χ3v) is 5.77. The van der Waals surface area contributed by atoms with Gasteiger partial charge in [0.2, 0.25) is 5.91 Å². The molecule has 0 spiro atoms. The highest BCUT2D eigenvalue weighted by molar-refractivity contribution is 6.40. The lowest BCUT2D eigenvalue weighted by atomic mass is 10.1. The minimum absolute atomic E-state index is 0.0381. The van der Waals surface area contributed by atoms with E-state index < -0.39 is 29.7 Å². The van der Waals surface area contributed by atoms with Gasteiger partial charge in [0.1, 0.15) is 24.2 Å². The number of anilines is 1. The van der Waals surface area contributed by atoms with Crippen LogP contribution in [0.4, 0.5) is 10.1 Å². The van der Waals surface area contributed by atoms with Gasteiger partial charge in [-0.15, -0.1) is 0 Å². The number of hydrazone groups is 1. The number of carbonyl (C=O) groups excluding carboxylic acids is 2. The molecule has 2 atom stereocenters. The first-order chi connectivity index (χ1) is 17.4. The molecule has 0 bridgehead atoms. The van der Waals surface area contributed by atoms with Crippen LogP contribution in [0.2, 0.25) is 0 Å². The summed E-state index contributed by atoms with van der Waals surface area (Å²) in [6, 6.07) is 13.4. The zero-order valence-electron chi connectivity index (χ0n) is 19.8. The molecular weight excluding hydrogens is 465 g/mol. The Morgan fingerprint density at radius 3 is 2.53 bits per heavy atom. The molecule has 3 aromatic rings. The Kier molecular flexibility index (Phi) is 7.43. The van der Waals surface area contributed by atoms with Gasteiger partial charge in [-0.3, -0.25) is 19.6 Å². The van der Waals surface area contributed by atoms with E-state index >= 15 is 0 Å². The number of primary amides is 1. The van der Waals surface area contributed by atoms with Crippen molar-refractivity contribution in [2.24, 2.45) is 10.8 Å². The van der Waals surface area contributed by atoms with Crippen molar-refractivity contribution >= 4 is 23.2 Å². The number of methoxy groups -OCH3 is 1. The van der Waals surface area contributed by atoms with E-state index in [0.717, 1.165) is 11.1 Å². The van der Waals surface area contributed by atoms with Crippen LogP contribution in [0, 0.1) is 5.82 Å². The lowest BCUT2D eigenvalue weighted by molar-refractivity contribution is -0.119. The first-order valence-corrected chi connectivity index (χ1v) is 11.3. The molecule has 0 radical (unpaired) electrons. The van der Waals surface area contributed by atoms with E-state index in [9.17, 15) is 14.0 Å². The summed E-state index contributed by atoms with van der Waals surface area (Å²) in [4.78, 5) is 28.9. The SMILES string of the molecule is COc1cc(C(C)NC(=O)C2=NN(c3ccc(F)cc3)C(C(N)=O)C2)ccc1OCc1ccncc1. The molecule has 0 saturated carbocycles. The number of hydrogen-bond acceptors (Lipinski definition) is 7. The molecule has 186 valence electrons. The van der Waals surface area contributed by atoms with Crippen LogP contribution in [-0.4, -0.2) is 35.7 Å². The first-order valence-electron chi connectivity index (χ1n) is 11.3. The van der Waals surface area contributed by atoms with E-state index in [-0.39, 0.29) is 12.1 Å². The second-order valence-corrected chi connectivity index (χ2v) is 8.24. The highest BCUT2D eigenvalue weighted by Gasteiger charge is 2.35. The fraction of sp³-hybridized carbons (Fsp3) is 0.231. The molecule has 3 N–H and O–H groups in total. The molecule has 0 aliphatic carbocycles. The summed E-state index contributed by atoms with van der Waals surface area (Å²) in [5.74, 6) is -0.400. The van der Waals surface area contributed by atoms with Gasteiger partial charge < -0.3 is 20.5 Å². The molecule has 4 rings (SSSR count). The molecule has 2 heterocycles. The number of nitrogens with two attached hydrogens (primary N) is 1. The third kappa shape index (κ3) is 5.60. The smallest absolute Gasteiger partial charge is 0.268 e. The van der Waals surface area contributed by atoms with Gasteiger partial charge in [0.25, 0.3) is 5.91 Å². The number of ether oxygens (including phenoxy) is 2. The number of pyridine rings is 1. The van der Waals surface area contributed by atoms with Crippen LogP contribution in [0.15, 0.2) is 72.1 Å². The van der Waals surface area contributed by atoms with Gasteiger partial charge in [-0.25, -0.2) is 4.39 Å². The van der Waals surface area contributed by atoms with Crippen LogP contribution >= 0.6 is 0 Å². The summed E-state index contributed by atoms with van der Waals surface area (Å²) >= 11 is 0. The van der Waals surface area contributed by atoms with E-state index in [4.69, 9.17) is 15.2 Å². The maximum Gasteiger partial charge on any atom is 0.268 e. The van der Waals surface area contributed by atoms with Crippen LogP contribution in [-0.2, 0) is 16.2 Å². The maximum atomic E-state index is 13.3. The summed E-state index contributed by atoms with van der Waals surface area (Å²) in [7, 11) is 1.54. The van der Waals surface area contributed by atoms with Gasteiger partial charge in [0.15, 0.2) is 11.5 Å². The number of rotatable bonds is 9. The lowest BCUT2D eigenvalue weighted by Gasteiger charge is -2.20. The number of aromatic nitrogens is 1. The normalized spacial score (nSPS) is 15.7. The summed E-state index contributed by atoms with van der Waals surface area (Å²) in [5, 5.41) is 8.55. The molecule has 0 fully saturated rings. The molecule has 9 nitrogen and oxygen atoms in total. The van der Waals surface area contributed by atoms with Crippen molar-refractivity contribution < 1.29 is 23.5 Å². The molecule has 36 heavy (non-hydrogen) atoms. The van der Waals surface area contributed by atoms with Crippen molar-refractivity contribution in [1.82, 2.24) is 10.3 Å². The van der Waals surface area contributed by atoms with Gasteiger partial charge in [-0.2, -0.15) is 5.10 Å². The van der Waals surface area contributed by atoms with E-state index in [2.05, 4.69) is 15.4 Å². The Hall–Kier alpha value is -4.47. The van der Waals surface area contributed by atoms with Crippen LogP contribution in [0.3, 0.4) is 0 Å². The zero-order valence-corrected chi connectivity index (χ0v) is 19.8. The Morgan fingerprint density at radius 1 is 1.14 bits per heavy atom. The van der Waals surface area contributed by atoms with Crippen LogP contribution in [0.5, 0.6) is 11.5 Å². The number of nitrogens with one attached hydrogen (secondary N) is 1. The highest BCUT2D eigenvalue weighted by Crippen LogP contribution is 2.31. The summed E-state index contributed by atoms with van der Waals surface area (Å²) in [6.45, 7) is 2.18. The molecule has 2 unspecified atom stereocenters. The van der Waals surface area contributed by atoms with Gasteiger partial charge in [-0.05, 0) is 66.6 Å². The van der Waals surface area contributed by atoms with E-state index in [0.29, 0.717) is 23.8 Å². The molecule has 10 heteroatoms. The standard InChI is InChI=1S/C26H26FN5O4/c1-16(18-3-8-23(24(13-18)35-2)36-15-17-9-11-29-12-10-17)30-26(34)21-14-22(25(28)33)32(31-21)20-6-4-19(27)5-7-20/h3-13,16,22H,14-15H2,1-2H3,(H2,28,33)(H,30,34). The quantitative estimate of drug-likeness (QED) is 0.475. The average molecular weight is 492 g/mol. The van der Waals surface area contributed by atoms with E-state index in [1.165, 1.54) is 29.3 Å². The van der Waals surface area contributed by atoms with Crippen molar-refractivity contribution in [2.75, 3.05) is 12.1 Å². The van der Waals surface area contributed by atoms with Crippen molar-refractivity contribution in [3.05, 3.63) is 83.9 Å². The molecular formula is C26H26FN5O4. The largest absolute Gasteiger partial charge is 0.493 e. The monoisotopic (exact) mass is 491 g/mol. The Morgan fingerprint density at radius 2 is 1.86 bits per heavy atom. The number of benzene rings is 2. The molecule has 2 aromatic carbocycles. The summed E-state index contributed by atoms with van der Waals surface area (Å²) in [5.41, 5.74) is 7.90. The Balaban J connectivity index is 1.45. The topological polar surface area (TPSA) is 119 Å². The molecule has 1 aromatic heterocycles. The number of nitrogens with zero attached hydrogens (tertiary/aromatic N) is 3. The fourth-order valence-electron chi connectivity index (χ4n) is 3.78. The summed E-state index contributed by atoms with van der Waals surface area (Å²) in [6.07, 6.45) is 3.43. The third-order valence-electron chi connectivity index (χ3n) is 5.77. The number of halogens is 1. The second-order valence-electron chi connectivity index (χ2n) is 8.24. The predicted octanol–water partition coefficient (Wildman–Crippen LogP) is 3.11. The van der Waals surface area contributed by atoms with Crippen LogP contribution in [0.1, 0.15) is 30.5 Å². The average Bonchev–Trinajstić information content (AvgIpc) is 3.34. The van der Waals surface area contributed by atoms with Crippen LogP contribution < -0.4 is 25.5 Å². The van der Waals surface area contributed by atoms with Crippen LogP contribution in [0.25, 0.3) is 0 Å². The maximum absolute atomic E-state index is 13.3. The molecule has 1 aliphatic heterocycles. The lowest BCUT2D eigenvalue weighted by Crippen LogP contribution is -2.40. The second kappa shape index (κ2) is 10.9. The van der Waals surface area contributed by atoms with E-state index in [1.54, 1.807) is 31.6 Å². The van der Waals surface area contributed by atoms with Crippen molar-refractivity contribution in [2.45, 2.75) is 32.0 Å². The van der Waals surface area contributed by atoms with Gasteiger partial charge in [-0.1, -0.05) is 6.07 Å². The fourth-order valence-corrected chi connectivity index (χ4v) is 3.78.